The van der Waals surface area contributed by atoms with E-state index < -0.39 is 0 Å². The maximum atomic E-state index is 8.71. The second-order valence-electron chi connectivity index (χ2n) is 3.32. The Labute approximate surface area is 92.7 Å². The van der Waals surface area contributed by atoms with Gasteiger partial charge in [0.05, 0.1) is 5.52 Å². The number of aliphatic hydroxyl groups excluding tert-OH is 1. The predicted molar refractivity (Wildman–Crippen MR) is 60.0 cm³/mol. The maximum Gasteiger partial charge on any atom is 0.129 e. The van der Waals surface area contributed by atoms with Gasteiger partial charge in [0.2, 0.25) is 0 Å². The van der Waals surface area contributed by atoms with Gasteiger partial charge in [-0.3, -0.25) is 0 Å². The zero-order chi connectivity index (χ0) is 10.7. The number of hydrogen-bond acceptors (Lipinski definition) is 3. The minimum Gasteiger partial charge on any atom is -0.396 e. The van der Waals surface area contributed by atoms with E-state index in [1.54, 1.807) is 6.20 Å². The minimum absolute atomic E-state index is 0.164. The lowest BCUT2D eigenvalue weighted by Gasteiger charge is -2.01. The molecule has 2 aromatic rings. The van der Waals surface area contributed by atoms with Crippen LogP contribution in [0.5, 0.6) is 0 Å². The number of aryl methyl sites for hydroxylation is 1. The van der Waals surface area contributed by atoms with E-state index in [0.717, 1.165) is 16.7 Å². The van der Waals surface area contributed by atoms with Gasteiger partial charge in [0.15, 0.2) is 0 Å². The molecule has 4 heteroatoms. The monoisotopic (exact) mass is 222 g/mol. The first kappa shape index (κ1) is 10.3. The summed E-state index contributed by atoms with van der Waals surface area (Å²) < 4.78 is 0. The van der Waals surface area contributed by atoms with Gasteiger partial charge >= 0.3 is 0 Å². The van der Waals surface area contributed by atoms with Gasteiger partial charge in [-0.15, -0.1) is 0 Å². The Balaban J connectivity index is 2.36. The normalized spacial score (nSPS) is 10.8. The molecule has 1 heterocycles. The standard InChI is InChI=1S/C11H11ClN2O/c12-9-4-3-8-7-13-11(2-1-5-15)14-10(8)6-9/h3-4,6-7,15H,1-2,5H2. The van der Waals surface area contributed by atoms with Crippen molar-refractivity contribution in [3.05, 3.63) is 35.2 Å². The highest BCUT2D eigenvalue weighted by atomic mass is 35.5. The van der Waals surface area contributed by atoms with Crippen molar-refractivity contribution in [2.24, 2.45) is 0 Å². The molecule has 0 aliphatic heterocycles. The average Bonchev–Trinajstić information content (AvgIpc) is 2.25. The molecule has 0 aliphatic carbocycles. The highest BCUT2D eigenvalue weighted by Crippen LogP contribution is 2.16. The first-order valence-electron chi connectivity index (χ1n) is 4.81. The Bertz CT molecular complexity index is 473. The smallest absolute Gasteiger partial charge is 0.129 e. The molecule has 0 unspecified atom stereocenters. The molecular weight excluding hydrogens is 212 g/mol. The average molecular weight is 223 g/mol. The summed E-state index contributed by atoms with van der Waals surface area (Å²) in [6.07, 6.45) is 3.16. The fraction of sp³-hybridized carbons (Fsp3) is 0.273. The van der Waals surface area contributed by atoms with Crippen molar-refractivity contribution in [1.82, 2.24) is 9.97 Å². The molecule has 0 radical (unpaired) electrons. The van der Waals surface area contributed by atoms with Crippen LogP contribution >= 0.6 is 11.6 Å². The van der Waals surface area contributed by atoms with E-state index >= 15 is 0 Å². The van der Waals surface area contributed by atoms with Gasteiger partial charge in [-0.2, -0.15) is 0 Å². The van der Waals surface area contributed by atoms with Crippen LogP contribution in [-0.2, 0) is 6.42 Å². The van der Waals surface area contributed by atoms with Crippen LogP contribution < -0.4 is 0 Å². The number of aliphatic hydroxyl groups is 1. The third kappa shape index (κ3) is 2.43. The van der Waals surface area contributed by atoms with E-state index in [9.17, 15) is 0 Å². The van der Waals surface area contributed by atoms with Crippen LogP contribution in [0.3, 0.4) is 0 Å². The molecule has 78 valence electrons. The van der Waals surface area contributed by atoms with Gasteiger partial charge < -0.3 is 5.11 Å². The lowest BCUT2D eigenvalue weighted by Crippen LogP contribution is -1.97. The second kappa shape index (κ2) is 4.55. The van der Waals surface area contributed by atoms with Crippen LogP contribution in [0, 0.1) is 0 Å². The lowest BCUT2D eigenvalue weighted by molar-refractivity contribution is 0.287. The van der Waals surface area contributed by atoms with Crippen LogP contribution in [0.4, 0.5) is 0 Å². The number of benzene rings is 1. The summed E-state index contributed by atoms with van der Waals surface area (Å²) in [5.74, 6) is 0.749. The van der Waals surface area contributed by atoms with E-state index in [2.05, 4.69) is 9.97 Å². The molecular formula is C11H11ClN2O. The van der Waals surface area contributed by atoms with Crippen molar-refractivity contribution in [1.29, 1.82) is 0 Å². The van der Waals surface area contributed by atoms with Crippen LogP contribution in [0.15, 0.2) is 24.4 Å². The Morgan fingerprint density at radius 1 is 1.33 bits per heavy atom. The highest BCUT2D eigenvalue weighted by molar-refractivity contribution is 6.31. The quantitative estimate of drug-likeness (QED) is 0.866. The molecule has 1 aromatic heterocycles. The SMILES string of the molecule is OCCCc1ncc2ccc(Cl)cc2n1. The van der Waals surface area contributed by atoms with E-state index in [4.69, 9.17) is 16.7 Å². The summed E-state index contributed by atoms with van der Waals surface area (Å²) in [4.78, 5) is 8.58. The van der Waals surface area contributed by atoms with Gasteiger partial charge in [0, 0.05) is 29.6 Å². The molecule has 0 aliphatic rings. The van der Waals surface area contributed by atoms with Crippen LogP contribution in [0.2, 0.25) is 5.02 Å². The molecule has 0 saturated carbocycles. The van der Waals surface area contributed by atoms with E-state index in [1.807, 2.05) is 18.2 Å². The second-order valence-corrected chi connectivity index (χ2v) is 3.75. The van der Waals surface area contributed by atoms with Crippen LogP contribution in [-0.4, -0.2) is 21.7 Å². The van der Waals surface area contributed by atoms with Crippen molar-refractivity contribution >= 4 is 22.5 Å². The van der Waals surface area contributed by atoms with Crippen molar-refractivity contribution in [2.45, 2.75) is 12.8 Å². The van der Waals surface area contributed by atoms with Crippen LogP contribution in [0.1, 0.15) is 12.2 Å². The first-order chi connectivity index (χ1) is 7.29. The number of halogens is 1. The summed E-state index contributed by atoms with van der Waals surface area (Å²) in [6, 6.07) is 5.54. The van der Waals surface area contributed by atoms with Gasteiger partial charge in [-0.1, -0.05) is 11.6 Å². The van der Waals surface area contributed by atoms with Crippen molar-refractivity contribution in [2.75, 3.05) is 6.61 Å². The molecule has 2 rings (SSSR count). The molecule has 0 bridgehead atoms. The number of hydrogen-bond donors (Lipinski definition) is 1. The number of rotatable bonds is 3. The van der Waals surface area contributed by atoms with Gasteiger partial charge in [0.25, 0.3) is 0 Å². The maximum absolute atomic E-state index is 8.71. The molecule has 0 fully saturated rings. The van der Waals surface area contributed by atoms with E-state index in [1.165, 1.54) is 0 Å². The molecule has 1 aromatic carbocycles. The zero-order valence-corrected chi connectivity index (χ0v) is 8.91. The summed E-state index contributed by atoms with van der Waals surface area (Å²) in [5.41, 5.74) is 0.852. The highest BCUT2D eigenvalue weighted by Gasteiger charge is 2.00. The third-order valence-corrected chi connectivity index (χ3v) is 2.39. The van der Waals surface area contributed by atoms with Crippen molar-refractivity contribution in [3.63, 3.8) is 0 Å². The molecule has 0 amide bonds. The summed E-state index contributed by atoms with van der Waals surface area (Å²) in [6.45, 7) is 0.164. The number of fused-ring (bicyclic) bond motifs is 1. The lowest BCUT2D eigenvalue weighted by atomic mass is 10.2. The fourth-order valence-electron chi connectivity index (χ4n) is 1.39. The Hall–Kier alpha value is -1.19. The predicted octanol–water partition coefficient (Wildman–Crippen LogP) is 2.21. The number of aromatic nitrogens is 2. The van der Waals surface area contributed by atoms with Gasteiger partial charge in [-0.25, -0.2) is 9.97 Å². The molecule has 0 atom stereocenters. The third-order valence-electron chi connectivity index (χ3n) is 2.15. The topological polar surface area (TPSA) is 46.0 Å². The molecule has 3 nitrogen and oxygen atoms in total. The molecule has 1 N–H and O–H groups in total. The summed E-state index contributed by atoms with van der Waals surface area (Å²) in [5, 5.41) is 10.4. The van der Waals surface area contributed by atoms with Gasteiger partial charge in [0.1, 0.15) is 5.82 Å². The number of nitrogens with zero attached hydrogens (tertiary/aromatic N) is 2. The van der Waals surface area contributed by atoms with E-state index in [-0.39, 0.29) is 6.61 Å². The Morgan fingerprint density at radius 2 is 2.20 bits per heavy atom. The van der Waals surface area contributed by atoms with Crippen molar-refractivity contribution in [3.8, 4) is 0 Å². The summed E-state index contributed by atoms with van der Waals surface area (Å²) >= 11 is 5.87. The Kier molecular flexibility index (Phi) is 3.14. The minimum atomic E-state index is 0.164. The first-order valence-corrected chi connectivity index (χ1v) is 5.19. The fourth-order valence-corrected chi connectivity index (χ4v) is 1.56. The van der Waals surface area contributed by atoms with E-state index in [0.29, 0.717) is 17.9 Å². The summed E-state index contributed by atoms with van der Waals surface area (Å²) in [7, 11) is 0. The molecule has 0 spiro atoms. The molecule has 15 heavy (non-hydrogen) atoms. The van der Waals surface area contributed by atoms with Crippen LogP contribution in [0.25, 0.3) is 10.9 Å². The zero-order valence-electron chi connectivity index (χ0n) is 8.15. The van der Waals surface area contributed by atoms with Crippen molar-refractivity contribution < 1.29 is 5.11 Å². The van der Waals surface area contributed by atoms with Gasteiger partial charge in [-0.05, 0) is 24.6 Å². The largest absolute Gasteiger partial charge is 0.396 e. The Morgan fingerprint density at radius 3 is 3.00 bits per heavy atom. The molecule has 0 saturated heterocycles.